The average Bonchev–Trinajstić information content (AvgIpc) is 1.72. The smallest absolute Gasteiger partial charge is 0.319 e. The molecule has 5 N–H and O–H groups in total. The summed E-state index contributed by atoms with van der Waals surface area (Å²) >= 11 is 10.9. The predicted molar refractivity (Wildman–Crippen MR) is 37.1 cm³/mol. The summed E-state index contributed by atoms with van der Waals surface area (Å²) in [4.78, 5) is 22.7. The minimum Gasteiger partial charge on any atom is -0.325 e. The fraction of sp³-hybridized carbons (Fsp3) is 0. The molecule has 0 aliphatic carbocycles. The van der Waals surface area contributed by atoms with Gasteiger partial charge in [-0.2, -0.15) is 0 Å². The summed E-state index contributed by atoms with van der Waals surface area (Å²) in [5, 5.41) is 0. The minimum absolute atomic E-state index is 0. The van der Waals surface area contributed by atoms with E-state index in [1.807, 2.05) is 0 Å². The van der Waals surface area contributed by atoms with E-state index in [4.69, 9.17) is 24.0 Å². The van der Waals surface area contributed by atoms with Gasteiger partial charge in [-0.3, -0.25) is 9.32 Å². The SMILES string of the molecule is OCl.OCl.OP(O)(O)=S.[Zn].[Zn]. The van der Waals surface area contributed by atoms with Gasteiger partial charge in [0.25, 0.3) is 0 Å². The third-order valence-electron chi connectivity index (χ3n) is 0. The standard InChI is InChI=1S/2ClHO.H3O3PS.2Zn/c2*1-2;1-4(2,3)5;;/h2*2H;(H3,1,2,3,5);;. The van der Waals surface area contributed by atoms with E-state index in [9.17, 15) is 0 Å². The van der Waals surface area contributed by atoms with Gasteiger partial charge < -0.3 is 14.7 Å². The van der Waals surface area contributed by atoms with Crippen molar-refractivity contribution in [1.82, 2.24) is 0 Å². The molecule has 0 aromatic rings. The van der Waals surface area contributed by atoms with E-state index >= 15 is 0 Å². The molecule has 0 fully saturated rings. The molecule has 0 spiro atoms. The first-order valence-electron chi connectivity index (χ1n) is 1.12. The van der Waals surface area contributed by atoms with Crippen LogP contribution in [0.25, 0.3) is 0 Å². The second kappa shape index (κ2) is 22.8. The van der Waals surface area contributed by atoms with Crippen LogP contribution in [0.4, 0.5) is 0 Å². The number of halogens is 2. The molecule has 0 rings (SSSR count). The molecule has 0 unspecified atom stereocenters. The van der Waals surface area contributed by atoms with Crippen LogP contribution in [0.2, 0.25) is 0 Å². The van der Waals surface area contributed by atoms with Crippen molar-refractivity contribution in [3.05, 3.63) is 0 Å². The molecule has 0 atom stereocenters. The predicted octanol–water partition coefficient (Wildman–Crippen LogP) is -0.552. The van der Waals surface area contributed by atoms with E-state index in [1.165, 1.54) is 0 Å². The molecule has 64 valence electrons. The third-order valence-corrected chi connectivity index (χ3v) is 0. The van der Waals surface area contributed by atoms with Gasteiger partial charge in [-0.25, -0.2) is 0 Å². The van der Waals surface area contributed by atoms with Crippen molar-refractivity contribution in [2.45, 2.75) is 0 Å². The second-order valence-corrected chi connectivity index (χ2v) is 3.01. The summed E-state index contributed by atoms with van der Waals surface area (Å²) in [6, 6.07) is 0. The Morgan fingerprint density at radius 2 is 0.818 bits per heavy atom. The van der Waals surface area contributed by atoms with Gasteiger partial charge in [0.1, 0.15) is 0 Å². The quantitative estimate of drug-likeness (QED) is 0.297. The second-order valence-electron chi connectivity index (χ2n) is 0.513. The summed E-state index contributed by atoms with van der Waals surface area (Å²) in [6.45, 7) is -3.81. The molecule has 0 aromatic heterocycles. The summed E-state index contributed by atoms with van der Waals surface area (Å²) < 4.78 is 12.9. The average molecular weight is 350 g/mol. The van der Waals surface area contributed by atoms with E-state index in [0.717, 1.165) is 0 Å². The van der Waals surface area contributed by atoms with Crippen LogP contribution in [0, 0.1) is 0 Å². The van der Waals surface area contributed by atoms with Crippen LogP contribution in [0.1, 0.15) is 0 Å². The Kier molecular flexibility index (Phi) is 60.5. The first-order valence-corrected chi connectivity index (χ1v) is 4.46. The fourth-order valence-electron chi connectivity index (χ4n) is 0. The van der Waals surface area contributed by atoms with E-state index < -0.39 is 6.72 Å². The monoisotopic (exact) mass is 346 g/mol. The molecule has 0 aromatic carbocycles. The Morgan fingerprint density at radius 3 is 0.818 bits per heavy atom. The van der Waals surface area contributed by atoms with Crippen LogP contribution in [0.3, 0.4) is 0 Å². The van der Waals surface area contributed by atoms with Gasteiger partial charge in [0.05, 0.1) is 23.7 Å². The molecule has 0 heterocycles. The number of hydrogen-bond donors (Lipinski definition) is 5. The van der Waals surface area contributed by atoms with Gasteiger partial charge in [-0.1, -0.05) is 0 Å². The van der Waals surface area contributed by atoms with Gasteiger partial charge in [0.15, 0.2) is 0 Å². The van der Waals surface area contributed by atoms with Crippen molar-refractivity contribution >= 4 is 42.3 Å². The third kappa shape index (κ3) is 250. The molecular weight excluding hydrogens is 345 g/mol. The minimum atomic E-state index is -3.81. The van der Waals surface area contributed by atoms with Crippen LogP contribution >= 0.6 is 30.5 Å². The van der Waals surface area contributed by atoms with E-state index in [1.54, 1.807) is 0 Å². The molecule has 0 amide bonds. The Morgan fingerprint density at radius 1 is 0.818 bits per heavy atom. The molecule has 0 saturated carbocycles. The molecule has 0 aliphatic rings. The maximum Gasteiger partial charge on any atom is 0.319 e. The molecule has 0 aliphatic heterocycles. The van der Waals surface area contributed by atoms with Crippen molar-refractivity contribution in [1.29, 1.82) is 0 Å². The van der Waals surface area contributed by atoms with Crippen LogP contribution in [-0.2, 0) is 50.8 Å². The molecule has 11 heteroatoms. The Hall–Kier alpha value is 2.28. The van der Waals surface area contributed by atoms with Crippen LogP contribution < -0.4 is 0 Å². The fourth-order valence-corrected chi connectivity index (χ4v) is 0. The zero-order valence-corrected chi connectivity index (χ0v) is 14.4. The number of hydrogen-bond acceptors (Lipinski definition) is 3. The largest absolute Gasteiger partial charge is 0.325 e. The van der Waals surface area contributed by atoms with Crippen molar-refractivity contribution in [3.63, 3.8) is 0 Å². The van der Waals surface area contributed by atoms with Crippen LogP contribution in [-0.4, -0.2) is 24.0 Å². The Bertz CT molecular complexity index is 68.6. The van der Waals surface area contributed by atoms with Crippen molar-refractivity contribution in [2.24, 2.45) is 0 Å². The normalized spacial score (nSPS) is 6.45. The van der Waals surface area contributed by atoms with Crippen molar-refractivity contribution in [3.8, 4) is 0 Å². The maximum atomic E-state index is 7.56. The molecular formula is H5Cl2O5PSZn2. The summed E-state index contributed by atoms with van der Waals surface area (Å²) in [7, 11) is 0. The molecule has 5 nitrogen and oxygen atoms in total. The first kappa shape index (κ1) is 29.2. The maximum absolute atomic E-state index is 7.56. The zero-order valence-electron chi connectivity index (χ0n) is 5.26. The van der Waals surface area contributed by atoms with Crippen LogP contribution in [0.15, 0.2) is 0 Å². The van der Waals surface area contributed by atoms with Crippen molar-refractivity contribution in [2.75, 3.05) is 0 Å². The van der Waals surface area contributed by atoms with Gasteiger partial charge in [0, 0.05) is 39.0 Å². The Balaban J connectivity index is -0.0000000178. The van der Waals surface area contributed by atoms with E-state index in [2.05, 4.69) is 35.5 Å². The molecule has 0 bridgehead atoms. The van der Waals surface area contributed by atoms with Crippen LogP contribution in [0.5, 0.6) is 0 Å². The topological polar surface area (TPSA) is 101 Å². The Labute approximate surface area is 104 Å². The molecule has 11 heavy (non-hydrogen) atoms. The van der Waals surface area contributed by atoms with Gasteiger partial charge >= 0.3 is 6.72 Å². The summed E-state index contributed by atoms with van der Waals surface area (Å²) in [6.07, 6.45) is 0. The van der Waals surface area contributed by atoms with Gasteiger partial charge in [-0.05, 0) is 11.8 Å². The van der Waals surface area contributed by atoms with Crippen molar-refractivity contribution < 1.29 is 63.0 Å². The molecule has 0 radical (unpaired) electrons. The summed E-state index contributed by atoms with van der Waals surface area (Å²) in [5.74, 6) is 0. The zero-order chi connectivity index (χ0) is 8.50. The molecule has 0 saturated heterocycles. The van der Waals surface area contributed by atoms with E-state index in [-0.39, 0.29) is 39.0 Å². The van der Waals surface area contributed by atoms with Gasteiger partial charge in [0.2, 0.25) is 0 Å². The van der Waals surface area contributed by atoms with E-state index in [0.29, 0.717) is 0 Å². The summed E-state index contributed by atoms with van der Waals surface area (Å²) in [5.41, 5.74) is 0. The first-order chi connectivity index (χ1) is 4.00. The number of rotatable bonds is 0. The van der Waals surface area contributed by atoms with Gasteiger partial charge in [-0.15, -0.1) is 0 Å².